The van der Waals surface area contributed by atoms with Crippen molar-refractivity contribution in [1.82, 2.24) is 10.2 Å². The highest BCUT2D eigenvalue weighted by Gasteiger charge is 2.31. The molecule has 1 aliphatic heterocycles. The third-order valence-corrected chi connectivity index (χ3v) is 4.60. The largest absolute Gasteiger partial charge is 0.444 e. The van der Waals surface area contributed by atoms with Crippen molar-refractivity contribution in [3.8, 4) is 0 Å². The number of rotatable bonds is 7. The van der Waals surface area contributed by atoms with Gasteiger partial charge >= 0.3 is 6.09 Å². The Balaban J connectivity index is 2.54. The van der Waals surface area contributed by atoms with Crippen LogP contribution in [0.2, 0.25) is 0 Å². The van der Waals surface area contributed by atoms with Gasteiger partial charge in [0.05, 0.1) is 0 Å². The summed E-state index contributed by atoms with van der Waals surface area (Å²) in [5, 5.41) is 12.7. The maximum absolute atomic E-state index is 12.5. The van der Waals surface area contributed by atoms with Crippen LogP contribution < -0.4 is 5.32 Å². The zero-order valence-electron chi connectivity index (χ0n) is 16.5. The van der Waals surface area contributed by atoms with Crippen LogP contribution in [0.25, 0.3) is 0 Å². The molecule has 0 bridgehead atoms. The molecule has 1 amide bonds. The lowest BCUT2D eigenvalue weighted by atomic mass is 9.89. The van der Waals surface area contributed by atoms with Gasteiger partial charge < -0.3 is 20.1 Å². The van der Waals surface area contributed by atoms with Crippen molar-refractivity contribution in [2.24, 2.45) is 5.41 Å². The molecule has 0 spiro atoms. The Hall–Kier alpha value is -0.810. The molecule has 24 heavy (non-hydrogen) atoms. The maximum atomic E-state index is 12.5. The second kappa shape index (κ2) is 9.04. The molecule has 0 aliphatic carbocycles. The number of amides is 1. The van der Waals surface area contributed by atoms with E-state index in [1.807, 2.05) is 25.7 Å². The molecule has 0 aromatic rings. The van der Waals surface area contributed by atoms with Crippen molar-refractivity contribution in [2.75, 3.05) is 19.7 Å². The fourth-order valence-corrected chi connectivity index (χ4v) is 3.14. The zero-order chi connectivity index (χ0) is 18.4. The zero-order valence-corrected chi connectivity index (χ0v) is 16.5. The Labute approximate surface area is 148 Å². The Morgan fingerprint density at radius 2 is 1.96 bits per heavy atom. The predicted octanol–water partition coefficient (Wildman–Crippen LogP) is 3.55. The van der Waals surface area contributed by atoms with E-state index in [1.54, 1.807) is 0 Å². The number of nitrogens with one attached hydrogen (secondary N) is 1. The number of nitrogens with zero attached hydrogens (tertiary/aromatic N) is 1. The van der Waals surface area contributed by atoms with Gasteiger partial charge in [-0.15, -0.1) is 0 Å². The van der Waals surface area contributed by atoms with Crippen LogP contribution in [0.15, 0.2) is 0 Å². The second-order valence-corrected chi connectivity index (χ2v) is 8.98. The van der Waals surface area contributed by atoms with Crippen LogP contribution >= 0.6 is 0 Å². The molecule has 1 heterocycles. The predicted molar refractivity (Wildman–Crippen MR) is 98.1 cm³/mol. The fourth-order valence-electron chi connectivity index (χ4n) is 3.14. The lowest BCUT2D eigenvalue weighted by Crippen LogP contribution is -2.49. The maximum Gasteiger partial charge on any atom is 0.410 e. The topological polar surface area (TPSA) is 61.8 Å². The van der Waals surface area contributed by atoms with Gasteiger partial charge in [0.1, 0.15) is 5.60 Å². The summed E-state index contributed by atoms with van der Waals surface area (Å²) in [6.07, 6.45) is 4.83. The summed E-state index contributed by atoms with van der Waals surface area (Å²) in [6, 6.07) is 0.577. The normalized spacial score (nSPS) is 20.8. The number of ether oxygens (including phenoxy) is 1. The third-order valence-electron chi connectivity index (χ3n) is 4.60. The van der Waals surface area contributed by atoms with E-state index in [2.05, 4.69) is 26.1 Å². The van der Waals surface area contributed by atoms with Gasteiger partial charge in [0, 0.05) is 31.8 Å². The molecular weight excluding hydrogens is 304 g/mol. The molecule has 1 rings (SSSR count). The summed E-state index contributed by atoms with van der Waals surface area (Å²) in [4.78, 5) is 14.4. The number of aliphatic hydroxyl groups excluding tert-OH is 1. The number of carbonyl (C=O) groups excluding carboxylic acids is 1. The smallest absolute Gasteiger partial charge is 0.410 e. The molecule has 0 radical (unpaired) electrons. The van der Waals surface area contributed by atoms with Crippen LogP contribution in [0.3, 0.4) is 0 Å². The molecule has 1 aliphatic rings. The van der Waals surface area contributed by atoms with Crippen molar-refractivity contribution < 1.29 is 14.6 Å². The third kappa shape index (κ3) is 7.84. The molecule has 1 saturated heterocycles. The van der Waals surface area contributed by atoms with Crippen LogP contribution in [0.1, 0.15) is 73.6 Å². The number of likely N-dealkylation sites (tertiary alicyclic amines) is 1. The van der Waals surface area contributed by atoms with Crippen molar-refractivity contribution in [2.45, 2.75) is 91.3 Å². The molecule has 2 atom stereocenters. The van der Waals surface area contributed by atoms with Crippen molar-refractivity contribution in [3.05, 3.63) is 0 Å². The van der Waals surface area contributed by atoms with Gasteiger partial charge in [0.25, 0.3) is 0 Å². The highest BCUT2D eigenvalue weighted by atomic mass is 16.6. The number of hydrogen-bond donors (Lipinski definition) is 2. The summed E-state index contributed by atoms with van der Waals surface area (Å²) >= 11 is 0. The average molecular weight is 343 g/mol. The number of piperidine rings is 1. The minimum atomic E-state index is -0.447. The lowest BCUT2D eigenvalue weighted by molar-refractivity contribution is 0.00775. The summed E-state index contributed by atoms with van der Waals surface area (Å²) in [5.74, 6) is 0. The van der Waals surface area contributed by atoms with E-state index < -0.39 is 5.60 Å². The number of carbonyl (C=O) groups is 1. The average Bonchev–Trinajstić information content (AvgIpc) is 2.44. The fraction of sp³-hybridized carbons (Fsp3) is 0.947. The Morgan fingerprint density at radius 3 is 2.54 bits per heavy atom. The van der Waals surface area contributed by atoms with E-state index in [0.29, 0.717) is 6.04 Å². The van der Waals surface area contributed by atoms with Crippen LogP contribution in [-0.4, -0.2) is 53.5 Å². The number of hydrogen-bond acceptors (Lipinski definition) is 4. The summed E-state index contributed by atoms with van der Waals surface area (Å²) < 4.78 is 5.57. The molecule has 5 heteroatoms. The van der Waals surface area contributed by atoms with E-state index in [0.717, 1.165) is 38.8 Å². The van der Waals surface area contributed by atoms with Crippen LogP contribution in [0.5, 0.6) is 0 Å². The van der Waals surface area contributed by atoms with E-state index in [9.17, 15) is 4.79 Å². The van der Waals surface area contributed by atoms with Gasteiger partial charge in [0.2, 0.25) is 0 Å². The summed E-state index contributed by atoms with van der Waals surface area (Å²) in [5.41, 5.74) is -0.363. The van der Waals surface area contributed by atoms with Gasteiger partial charge in [-0.3, -0.25) is 0 Å². The number of aliphatic hydroxyl groups is 1. The molecule has 2 unspecified atom stereocenters. The highest BCUT2D eigenvalue weighted by molar-refractivity contribution is 5.68. The minimum absolute atomic E-state index is 0.0838. The van der Waals surface area contributed by atoms with E-state index in [-0.39, 0.29) is 24.2 Å². The molecule has 1 fully saturated rings. The van der Waals surface area contributed by atoms with Crippen molar-refractivity contribution in [3.63, 3.8) is 0 Å². The first kappa shape index (κ1) is 21.2. The van der Waals surface area contributed by atoms with Crippen LogP contribution in [-0.2, 0) is 4.74 Å². The van der Waals surface area contributed by atoms with Crippen molar-refractivity contribution >= 4 is 6.09 Å². The standard InChI is InChI=1S/C19H38N2O3/c1-15(20-14-19(5,6)10-12-22)13-16-9-7-8-11-21(16)17(23)24-18(2,3)4/h15-16,20,22H,7-14H2,1-6H3. The SMILES string of the molecule is CC(CC1CCCCN1C(=O)OC(C)(C)C)NCC(C)(C)CCO. The quantitative estimate of drug-likeness (QED) is 0.743. The van der Waals surface area contributed by atoms with Crippen LogP contribution in [0.4, 0.5) is 4.79 Å². The molecule has 5 nitrogen and oxygen atoms in total. The van der Waals surface area contributed by atoms with Gasteiger partial charge in [-0.25, -0.2) is 4.79 Å². The van der Waals surface area contributed by atoms with E-state index in [1.165, 1.54) is 6.42 Å². The van der Waals surface area contributed by atoms with Gasteiger partial charge in [0.15, 0.2) is 0 Å². The van der Waals surface area contributed by atoms with Gasteiger partial charge in [-0.1, -0.05) is 13.8 Å². The summed E-state index contributed by atoms with van der Waals surface area (Å²) in [7, 11) is 0. The monoisotopic (exact) mass is 342 g/mol. The highest BCUT2D eigenvalue weighted by Crippen LogP contribution is 2.24. The van der Waals surface area contributed by atoms with Crippen molar-refractivity contribution in [1.29, 1.82) is 0 Å². The van der Waals surface area contributed by atoms with E-state index >= 15 is 0 Å². The Bertz CT molecular complexity index is 391. The molecule has 0 aromatic carbocycles. The molecule has 142 valence electrons. The molecule has 0 aromatic heterocycles. The Kier molecular flexibility index (Phi) is 8.00. The second-order valence-electron chi connectivity index (χ2n) is 8.98. The first-order chi connectivity index (χ1) is 11.0. The van der Waals surface area contributed by atoms with Gasteiger partial charge in [-0.2, -0.15) is 0 Å². The van der Waals surface area contributed by atoms with E-state index in [4.69, 9.17) is 9.84 Å². The molecule has 0 saturated carbocycles. The van der Waals surface area contributed by atoms with Crippen LogP contribution in [0, 0.1) is 5.41 Å². The Morgan fingerprint density at radius 1 is 1.29 bits per heavy atom. The molecular formula is C19H38N2O3. The summed E-state index contributed by atoms with van der Waals surface area (Å²) in [6.45, 7) is 14.1. The van der Waals surface area contributed by atoms with Gasteiger partial charge in [-0.05, 0) is 65.2 Å². The lowest BCUT2D eigenvalue weighted by Gasteiger charge is -2.38. The molecule has 2 N–H and O–H groups in total. The first-order valence-corrected chi connectivity index (χ1v) is 9.38. The minimum Gasteiger partial charge on any atom is -0.444 e. The first-order valence-electron chi connectivity index (χ1n) is 9.38.